The highest BCUT2D eigenvalue weighted by Crippen LogP contribution is 2.57. The number of thioether (sulfide) groups is 1. The second-order valence-corrected chi connectivity index (χ2v) is 17.0. The third-order valence-corrected chi connectivity index (χ3v) is 13.1. The SMILES string of the molecule is C=c1/c(=C\C=C/C)n(C2=N/C=C\CC/C=C/C=C/C(c3ccccc3)=N\2)c2cccc(-c3ccc4c(c3)c3ccccc3n4C3=CCC4(C)Sc5ccccc5C4=C3)c12. The van der Waals surface area contributed by atoms with Crippen molar-refractivity contribution >= 4 is 80.1 Å². The third kappa shape index (κ3) is 6.43. The van der Waals surface area contributed by atoms with Gasteiger partial charge < -0.3 is 4.57 Å². The van der Waals surface area contributed by atoms with Crippen molar-refractivity contribution in [2.24, 2.45) is 9.98 Å². The van der Waals surface area contributed by atoms with E-state index in [2.05, 4.69) is 168 Å². The zero-order chi connectivity index (χ0) is 39.9. The summed E-state index contributed by atoms with van der Waals surface area (Å²) in [7, 11) is 0. The molecule has 2 aromatic heterocycles. The Balaban J connectivity index is 1.16. The summed E-state index contributed by atoms with van der Waals surface area (Å²) in [5, 5.41) is 5.41. The Morgan fingerprint density at radius 2 is 1.53 bits per heavy atom. The molecule has 0 saturated carbocycles. The minimum Gasteiger partial charge on any atom is -0.310 e. The van der Waals surface area contributed by atoms with Gasteiger partial charge in [-0.3, -0.25) is 4.57 Å². The number of benzene rings is 5. The maximum Gasteiger partial charge on any atom is 0.235 e. The largest absolute Gasteiger partial charge is 0.310 e. The van der Waals surface area contributed by atoms with Crippen molar-refractivity contribution in [2.75, 3.05) is 0 Å². The van der Waals surface area contributed by atoms with Crippen LogP contribution in [0.4, 0.5) is 0 Å². The molecule has 5 heteroatoms. The lowest BCUT2D eigenvalue weighted by Crippen LogP contribution is -2.32. The van der Waals surface area contributed by atoms with Gasteiger partial charge in [-0.15, -0.1) is 11.8 Å². The van der Waals surface area contributed by atoms with Gasteiger partial charge in [-0.25, -0.2) is 9.98 Å². The molecule has 286 valence electrons. The lowest BCUT2D eigenvalue weighted by atomic mass is 9.86. The van der Waals surface area contributed by atoms with E-state index in [1.54, 1.807) is 0 Å². The van der Waals surface area contributed by atoms with Crippen molar-refractivity contribution in [1.82, 2.24) is 9.13 Å². The van der Waals surface area contributed by atoms with Crippen LogP contribution in [0.3, 0.4) is 0 Å². The van der Waals surface area contributed by atoms with Gasteiger partial charge in [0.25, 0.3) is 0 Å². The van der Waals surface area contributed by atoms with Gasteiger partial charge in [0.1, 0.15) is 0 Å². The van der Waals surface area contributed by atoms with Crippen LogP contribution in [0.15, 0.2) is 191 Å². The monoisotopic (exact) mass is 780 g/mol. The summed E-state index contributed by atoms with van der Waals surface area (Å²) in [6.07, 6.45) is 26.3. The molecule has 0 radical (unpaired) electrons. The highest BCUT2D eigenvalue weighted by Gasteiger charge is 2.40. The first-order valence-corrected chi connectivity index (χ1v) is 21.2. The minimum absolute atomic E-state index is 0.0425. The maximum atomic E-state index is 5.32. The van der Waals surface area contributed by atoms with Gasteiger partial charge in [0.05, 0.1) is 27.6 Å². The predicted molar refractivity (Wildman–Crippen MR) is 254 cm³/mol. The van der Waals surface area contributed by atoms with E-state index in [-0.39, 0.29) is 4.75 Å². The molecular weight excluding hydrogens is 737 g/mol. The average molecular weight is 781 g/mol. The Bertz CT molecular complexity index is 3200. The first-order chi connectivity index (χ1) is 29.0. The number of aromatic nitrogens is 2. The molecule has 1 atom stereocenters. The summed E-state index contributed by atoms with van der Waals surface area (Å²) in [5.41, 5.74) is 11.5. The number of nitrogens with zero attached hydrogens (tertiary/aromatic N) is 4. The second kappa shape index (κ2) is 15.2. The normalized spacial score (nSPS) is 21.8. The highest BCUT2D eigenvalue weighted by atomic mass is 32.2. The summed E-state index contributed by atoms with van der Waals surface area (Å²) in [4.78, 5) is 11.7. The quantitative estimate of drug-likeness (QED) is 0.175. The van der Waals surface area contributed by atoms with E-state index >= 15 is 0 Å². The van der Waals surface area contributed by atoms with Crippen LogP contribution in [-0.2, 0) is 0 Å². The van der Waals surface area contributed by atoms with E-state index in [9.17, 15) is 0 Å². The molecule has 2 aliphatic heterocycles. The number of hydrogen-bond acceptors (Lipinski definition) is 3. The molecule has 5 aromatic carbocycles. The van der Waals surface area contributed by atoms with E-state index in [1.165, 1.54) is 43.5 Å². The van der Waals surface area contributed by atoms with Crippen molar-refractivity contribution < 1.29 is 0 Å². The van der Waals surface area contributed by atoms with Gasteiger partial charge in [0, 0.05) is 48.5 Å². The second-order valence-electron chi connectivity index (χ2n) is 15.4. The summed E-state index contributed by atoms with van der Waals surface area (Å²) in [6.45, 7) is 9.18. The van der Waals surface area contributed by atoms with Crippen LogP contribution in [0.5, 0.6) is 0 Å². The van der Waals surface area contributed by atoms with Crippen LogP contribution < -0.4 is 10.6 Å². The fourth-order valence-corrected chi connectivity index (χ4v) is 10.2. The van der Waals surface area contributed by atoms with Gasteiger partial charge >= 0.3 is 0 Å². The number of allylic oxidation sites excluding steroid dienone is 10. The molecule has 7 aromatic rings. The number of rotatable bonds is 4. The van der Waals surface area contributed by atoms with Crippen molar-refractivity contribution in [3.05, 3.63) is 198 Å². The van der Waals surface area contributed by atoms with Gasteiger partial charge in [-0.1, -0.05) is 134 Å². The number of para-hydroxylation sites is 1. The molecule has 1 aliphatic carbocycles. The average Bonchev–Trinajstić information content (AvgIpc) is 3.86. The molecule has 0 amide bonds. The van der Waals surface area contributed by atoms with Crippen molar-refractivity contribution in [3.8, 4) is 11.1 Å². The highest BCUT2D eigenvalue weighted by molar-refractivity contribution is 8.01. The molecular formula is C54H44N4S. The first-order valence-electron chi connectivity index (χ1n) is 20.4. The van der Waals surface area contributed by atoms with Gasteiger partial charge in [-0.2, -0.15) is 0 Å². The summed E-state index contributed by atoms with van der Waals surface area (Å²) in [6, 6.07) is 41.5. The Hall–Kier alpha value is -6.69. The minimum atomic E-state index is 0.0425. The predicted octanol–water partition coefficient (Wildman–Crippen LogP) is 12.5. The van der Waals surface area contributed by atoms with Crippen LogP contribution in [0.25, 0.3) is 67.8 Å². The van der Waals surface area contributed by atoms with E-state index in [4.69, 9.17) is 16.6 Å². The van der Waals surface area contributed by atoms with E-state index in [0.717, 1.165) is 63.1 Å². The molecule has 10 rings (SSSR count). The first kappa shape index (κ1) is 36.6. The van der Waals surface area contributed by atoms with Crippen molar-refractivity contribution in [1.29, 1.82) is 0 Å². The Kier molecular flexibility index (Phi) is 9.46. The van der Waals surface area contributed by atoms with Gasteiger partial charge in [0.15, 0.2) is 0 Å². The lowest BCUT2D eigenvalue weighted by molar-refractivity contribution is 0.826. The summed E-state index contributed by atoms with van der Waals surface area (Å²) >= 11 is 1.99. The fourth-order valence-electron chi connectivity index (χ4n) is 8.84. The van der Waals surface area contributed by atoms with Crippen molar-refractivity contribution in [3.63, 3.8) is 0 Å². The number of fused-ring (bicyclic) bond motifs is 7. The van der Waals surface area contributed by atoms with Crippen LogP contribution >= 0.6 is 11.8 Å². The molecule has 59 heavy (non-hydrogen) atoms. The smallest absolute Gasteiger partial charge is 0.235 e. The van der Waals surface area contributed by atoms with E-state index < -0.39 is 0 Å². The molecule has 1 unspecified atom stereocenters. The third-order valence-electron chi connectivity index (χ3n) is 11.7. The van der Waals surface area contributed by atoms with Crippen molar-refractivity contribution in [2.45, 2.75) is 42.8 Å². The lowest BCUT2D eigenvalue weighted by Gasteiger charge is -2.28. The fraction of sp³-hybridized carbons (Fsp3) is 0.111. The molecule has 0 spiro atoms. The Morgan fingerprint density at radius 3 is 2.42 bits per heavy atom. The summed E-state index contributed by atoms with van der Waals surface area (Å²) < 4.78 is 4.67. The number of hydrogen-bond donors (Lipinski definition) is 0. The zero-order valence-corrected chi connectivity index (χ0v) is 34.2. The molecule has 0 bridgehead atoms. The topological polar surface area (TPSA) is 34.6 Å². The van der Waals surface area contributed by atoms with Crippen LogP contribution in [0.2, 0.25) is 0 Å². The Labute approximate surface area is 349 Å². The van der Waals surface area contributed by atoms with Crippen LogP contribution in [0, 0.1) is 0 Å². The van der Waals surface area contributed by atoms with Gasteiger partial charge in [-0.05, 0) is 104 Å². The van der Waals surface area contributed by atoms with E-state index in [0.29, 0.717) is 5.96 Å². The maximum absolute atomic E-state index is 5.32. The Morgan fingerprint density at radius 1 is 0.746 bits per heavy atom. The molecule has 0 N–H and O–H groups in total. The molecule has 4 nitrogen and oxygen atoms in total. The van der Waals surface area contributed by atoms with E-state index in [1.807, 2.05) is 49.2 Å². The standard InChI is InChI=1S/C54H44N4S/c1-4-5-26-47-37(2)52-41(24-19-28-50(52)58(47)53-55-34-18-9-7-6-8-13-25-46(56-53)38-20-11-10-12-21-38)39-30-31-49-44(35-39)42-22-14-16-27-48(42)57(49)40-32-33-54(3)45(36-40)43-23-15-17-29-51(43)59-54/h4-6,8,10-32,34-36H,2,7,9,33H2,1,3H3/b5-4-,8-6+,25-13+,34-18-,47-26+,55-53+,56-46+. The summed E-state index contributed by atoms with van der Waals surface area (Å²) in [5.74, 6) is 0.579. The zero-order valence-electron chi connectivity index (χ0n) is 33.3. The molecule has 4 heterocycles. The molecule has 3 aliphatic rings. The van der Waals surface area contributed by atoms with Crippen LogP contribution in [0.1, 0.15) is 44.2 Å². The van der Waals surface area contributed by atoms with Gasteiger partial charge in [0.2, 0.25) is 5.96 Å². The number of aliphatic imine (C=N–C) groups is 2. The molecule has 0 saturated heterocycles. The van der Waals surface area contributed by atoms with Crippen LogP contribution in [-0.4, -0.2) is 25.6 Å². The molecule has 0 fully saturated rings.